The van der Waals surface area contributed by atoms with E-state index in [-0.39, 0.29) is 34.0 Å². The number of benzene rings is 6. The van der Waals surface area contributed by atoms with Crippen LogP contribution >= 0.6 is 48.5 Å². The molecule has 6 aromatic carbocycles. The van der Waals surface area contributed by atoms with Gasteiger partial charge in [0, 0.05) is 0 Å². The van der Waals surface area contributed by atoms with Crippen molar-refractivity contribution in [2.75, 3.05) is 25.5 Å². The fourth-order valence-electron chi connectivity index (χ4n) is 6.27. The third-order valence-electron chi connectivity index (χ3n) is 8.32. The molecule has 0 atom stereocenters. The van der Waals surface area contributed by atoms with Gasteiger partial charge in [-0.3, -0.25) is 0 Å². The van der Waals surface area contributed by atoms with Gasteiger partial charge in [-0.2, -0.15) is 0 Å². The van der Waals surface area contributed by atoms with Crippen molar-refractivity contribution in [2.24, 2.45) is 0 Å². The van der Waals surface area contributed by atoms with Gasteiger partial charge < -0.3 is 4.74 Å². The maximum atomic E-state index is 6.73. The molecule has 0 N–H and O–H groups in total. The lowest BCUT2D eigenvalue weighted by Gasteiger charge is -2.29. The van der Waals surface area contributed by atoms with Crippen LogP contribution in [0.3, 0.4) is 0 Å². The zero-order valence-corrected chi connectivity index (χ0v) is 30.5. The standard InChI is InChI=1S/C40H38OP2.2BrH/c1-7-19-35(20-8-1)42(36-21-9-2-10-22-36,37-23-11-3-12-24-37)33-31-41-32-34-43(38-25-13-4-14-26-38,39-27-15-5-16-28-39)40-29-17-6-18-30-40;;/h1-30H,31-34H2;2*1H/q+2;;. The molecule has 0 bridgehead atoms. The molecule has 0 radical (unpaired) electrons. The first-order valence-corrected chi connectivity index (χ1v) is 19.0. The van der Waals surface area contributed by atoms with E-state index in [0.29, 0.717) is 13.2 Å². The largest absolute Gasteiger partial charge is 0.374 e. The molecule has 5 heteroatoms. The monoisotopic (exact) mass is 756 g/mol. The highest BCUT2D eigenvalue weighted by molar-refractivity contribution is 8.93. The molecule has 6 rings (SSSR count). The van der Waals surface area contributed by atoms with E-state index in [9.17, 15) is 0 Å². The van der Waals surface area contributed by atoms with Crippen LogP contribution in [0.15, 0.2) is 182 Å². The van der Waals surface area contributed by atoms with Gasteiger partial charge in [-0.05, 0) is 72.8 Å². The normalized spacial score (nSPS) is 11.2. The van der Waals surface area contributed by atoms with Crippen LogP contribution < -0.4 is 31.8 Å². The van der Waals surface area contributed by atoms with Crippen molar-refractivity contribution < 1.29 is 4.74 Å². The lowest BCUT2D eigenvalue weighted by atomic mass is 10.4. The van der Waals surface area contributed by atoms with Crippen LogP contribution in [0.5, 0.6) is 0 Å². The number of hydrogen-bond acceptors (Lipinski definition) is 1. The minimum atomic E-state index is -1.92. The third-order valence-corrected chi connectivity index (χ3v) is 17.1. The van der Waals surface area contributed by atoms with E-state index in [4.69, 9.17) is 4.74 Å². The van der Waals surface area contributed by atoms with Crippen molar-refractivity contribution in [1.29, 1.82) is 0 Å². The summed E-state index contributed by atoms with van der Waals surface area (Å²) in [6, 6.07) is 66.5. The Morgan fingerprint density at radius 3 is 0.644 bits per heavy atom. The number of halogens is 2. The minimum Gasteiger partial charge on any atom is -0.374 e. The molecule has 0 amide bonds. The molecular formula is C40H40Br2OP2+2. The zero-order valence-electron chi connectivity index (χ0n) is 25.3. The molecule has 0 saturated carbocycles. The van der Waals surface area contributed by atoms with Gasteiger partial charge in [0.05, 0.1) is 25.5 Å². The quantitative estimate of drug-likeness (QED) is 0.0906. The SMILES string of the molecule is Br.Br.c1ccc([P+](CCOCC[P+](c2ccccc2)(c2ccccc2)c2ccccc2)(c2ccccc2)c2ccccc2)cc1. The number of rotatable bonds is 12. The molecule has 0 saturated heterocycles. The summed E-state index contributed by atoms with van der Waals surface area (Å²) in [5.41, 5.74) is 0. The Hall–Kier alpha value is -2.90. The first kappa shape index (κ1) is 35.0. The predicted octanol–water partition coefficient (Wildman–Crippen LogP) is 8.15. The molecule has 0 unspecified atom stereocenters. The zero-order chi connectivity index (χ0) is 29.2. The van der Waals surface area contributed by atoms with Crippen LogP contribution in [-0.2, 0) is 4.74 Å². The topological polar surface area (TPSA) is 9.23 Å². The van der Waals surface area contributed by atoms with Gasteiger partial charge in [-0.25, -0.2) is 0 Å². The maximum absolute atomic E-state index is 6.73. The highest BCUT2D eigenvalue weighted by Crippen LogP contribution is 2.56. The average Bonchev–Trinajstić information content (AvgIpc) is 3.11. The van der Waals surface area contributed by atoms with Crippen molar-refractivity contribution in [2.45, 2.75) is 0 Å². The van der Waals surface area contributed by atoms with Crippen molar-refractivity contribution in [3.8, 4) is 0 Å². The van der Waals surface area contributed by atoms with Crippen LogP contribution in [0.25, 0.3) is 0 Å². The maximum Gasteiger partial charge on any atom is 0.114 e. The summed E-state index contributed by atoms with van der Waals surface area (Å²) < 4.78 is 6.73. The predicted molar refractivity (Wildman–Crippen MR) is 211 cm³/mol. The lowest BCUT2D eigenvalue weighted by Crippen LogP contribution is -2.36. The summed E-state index contributed by atoms with van der Waals surface area (Å²) in [6.45, 7) is 1.40. The van der Waals surface area contributed by atoms with Crippen molar-refractivity contribution in [1.82, 2.24) is 0 Å². The summed E-state index contributed by atoms with van der Waals surface area (Å²) in [4.78, 5) is 0. The van der Waals surface area contributed by atoms with Crippen molar-refractivity contribution >= 4 is 80.3 Å². The number of ether oxygens (including phenoxy) is 1. The molecule has 0 fully saturated rings. The molecule has 45 heavy (non-hydrogen) atoms. The van der Waals surface area contributed by atoms with E-state index in [1.165, 1.54) is 31.8 Å². The summed E-state index contributed by atoms with van der Waals surface area (Å²) in [5, 5.41) is 8.39. The second kappa shape index (κ2) is 17.1. The highest BCUT2D eigenvalue weighted by atomic mass is 79.9. The lowest BCUT2D eigenvalue weighted by molar-refractivity contribution is 0.166. The van der Waals surface area contributed by atoms with Gasteiger partial charge in [0.15, 0.2) is 0 Å². The Kier molecular flexibility index (Phi) is 13.3. The second-order valence-corrected chi connectivity index (χ2v) is 17.9. The van der Waals surface area contributed by atoms with E-state index in [0.717, 1.165) is 12.3 Å². The molecule has 1 nitrogen and oxygen atoms in total. The van der Waals surface area contributed by atoms with Gasteiger partial charge in [-0.15, -0.1) is 34.0 Å². The average molecular weight is 759 g/mol. The van der Waals surface area contributed by atoms with E-state index in [2.05, 4.69) is 182 Å². The Labute approximate surface area is 290 Å². The van der Waals surface area contributed by atoms with Crippen LogP contribution in [0.1, 0.15) is 0 Å². The van der Waals surface area contributed by atoms with Crippen LogP contribution in [0, 0.1) is 0 Å². The summed E-state index contributed by atoms with van der Waals surface area (Å²) in [7, 11) is -3.85. The van der Waals surface area contributed by atoms with E-state index < -0.39 is 14.5 Å². The van der Waals surface area contributed by atoms with Gasteiger partial charge in [0.2, 0.25) is 0 Å². The van der Waals surface area contributed by atoms with Gasteiger partial charge in [0.1, 0.15) is 46.4 Å². The fourth-order valence-corrected chi connectivity index (χ4v) is 14.5. The van der Waals surface area contributed by atoms with E-state index in [1.807, 2.05) is 0 Å². The van der Waals surface area contributed by atoms with Crippen molar-refractivity contribution in [3.05, 3.63) is 182 Å². The molecule has 0 aromatic heterocycles. The summed E-state index contributed by atoms with van der Waals surface area (Å²) >= 11 is 0. The first-order chi connectivity index (χ1) is 21.3. The molecule has 0 aliphatic heterocycles. The summed E-state index contributed by atoms with van der Waals surface area (Å²) in [5.74, 6) is 0. The van der Waals surface area contributed by atoms with Gasteiger partial charge in [0.25, 0.3) is 0 Å². The fraction of sp³-hybridized carbons (Fsp3) is 0.100. The molecule has 0 aliphatic carbocycles. The van der Waals surface area contributed by atoms with E-state index >= 15 is 0 Å². The van der Waals surface area contributed by atoms with Gasteiger partial charge in [-0.1, -0.05) is 109 Å². The van der Waals surface area contributed by atoms with Crippen LogP contribution in [-0.4, -0.2) is 25.5 Å². The third kappa shape index (κ3) is 7.57. The first-order valence-electron chi connectivity index (χ1n) is 15.0. The smallest absolute Gasteiger partial charge is 0.114 e. The Balaban J connectivity index is 0.00000230. The second-order valence-electron chi connectivity index (χ2n) is 10.7. The Morgan fingerprint density at radius 2 is 0.467 bits per heavy atom. The van der Waals surface area contributed by atoms with Crippen LogP contribution in [0.2, 0.25) is 0 Å². The number of hydrogen-bond donors (Lipinski definition) is 0. The van der Waals surface area contributed by atoms with E-state index in [1.54, 1.807) is 0 Å². The van der Waals surface area contributed by atoms with Gasteiger partial charge >= 0.3 is 0 Å². The molecule has 6 aromatic rings. The Bertz CT molecular complexity index is 1350. The Morgan fingerprint density at radius 1 is 0.289 bits per heavy atom. The molecule has 0 aliphatic rings. The molecular weight excluding hydrogens is 718 g/mol. The van der Waals surface area contributed by atoms with Crippen LogP contribution in [0.4, 0.5) is 0 Å². The molecule has 0 heterocycles. The minimum absolute atomic E-state index is 0. The highest BCUT2D eigenvalue weighted by Gasteiger charge is 2.46. The molecule has 0 spiro atoms. The van der Waals surface area contributed by atoms with Crippen molar-refractivity contribution in [3.63, 3.8) is 0 Å². The summed E-state index contributed by atoms with van der Waals surface area (Å²) in [6.07, 6.45) is 1.91. The molecule has 228 valence electrons.